The smallest absolute Gasteiger partial charge is 0.0591 e. The van der Waals surface area contributed by atoms with Gasteiger partial charge in [-0.3, -0.25) is 0 Å². The summed E-state index contributed by atoms with van der Waals surface area (Å²) in [7, 11) is 0. The van der Waals surface area contributed by atoms with E-state index in [1.807, 2.05) is 13.8 Å². The third kappa shape index (κ3) is 6.80. The largest absolute Gasteiger partial charge is 0.390 e. The van der Waals surface area contributed by atoms with Gasteiger partial charge in [0, 0.05) is 0 Å². The fourth-order valence-electron chi connectivity index (χ4n) is 2.25. The highest BCUT2D eigenvalue weighted by molar-refractivity contribution is 5.23. The fourth-order valence-corrected chi connectivity index (χ4v) is 2.25. The molecule has 0 saturated heterocycles. The van der Waals surface area contributed by atoms with Crippen molar-refractivity contribution in [1.29, 1.82) is 0 Å². The van der Waals surface area contributed by atoms with Crippen molar-refractivity contribution in [3.63, 3.8) is 0 Å². The van der Waals surface area contributed by atoms with Crippen LogP contribution in [0.4, 0.5) is 0 Å². The highest BCUT2D eigenvalue weighted by atomic mass is 16.3. The summed E-state index contributed by atoms with van der Waals surface area (Å²) in [6, 6.07) is 8.93. The average Bonchev–Trinajstić information content (AvgIpc) is 2.32. The molecule has 0 amide bonds. The molecule has 1 rings (SSSR count). The highest BCUT2D eigenvalue weighted by Gasteiger charge is 2.10. The summed E-state index contributed by atoms with van der Waals surface area (Å²) in [6.45, 7) is 5.99. The normalized spacial score (nSPS) is 11.8. The van der Waals surface area contributed by atoms with Crippen LogP contribution in [0, 0.1) is 0 Å². The molecular formula is C17H28O. The summed E-state index contributed by atoms with van der Waals surface area (Å²) in [5, 5.41) is 9.61. The van der Waals surface area contributed by atoms with Gasteiger partial charge in [0.05, 0.1) is 5.60 Å². The Labute approximate surface area is 112 Å². The summed E-state index contributed by atoms with van der Waals surface area (Å²) in [4.78, 5) is 0. The van der Waals surface area contributed by atoms with Crippen LogP contribution in [-0.2, 0) is 12.8 Å². The van der Waals surface area contributed by atoms with Crippen molar-refractivity contribution in [1.82, 2.24) is 0 Å². The molecule has 1 nitrogen and oxygen atoms in total. The zero-order chi connectivity index (χ0) is 13.4. The first-order valence-corrected chi connectivity index (χ1v) is 7.31. The van der Waals surface area contributed by atoms with E-state index in [1.165, 1.54) is 36.8 Å². The lowest BCUT2D eigenvalue weighted by Crippen LogP contribution is -2.17. The van der Waals surface area contributed by atoms with Crippen molar-refractivity contribution >= 4 is 0 Å². The second-order valence-electron chi connectivity index (χ2n) is 5.90. The van der Waals surface area contributed by atoms with Gasteiger partial charge >= 0.3 is 0 Å². The van der Waals surface area contributed by atoms with Crippen LogP contribution >= 0.6 is 0 Å². The second-order valence-corrected chi connectivity index (χ2v) is 5.90. The molecule has 0 fully saturated rings. The van der Waals surface area contributed by atoms with Crippen LogP contribution in [0.1, 0.15) is 64.0 Å². The molecule has 0 heterocycles. The minimum Gasteiger partial charge on any atom is -0.390 e. The van der Waals surface area contributed by atoms with E-state index in [9.17, 15) is 5.11 Å². The maximum absolute atomic E-state index is 9.61. The molecule has 0 radical (unpaired) electrons. The Balaban J connectivity index is 2.14. The average molecular weight is 248 g/mol. The van der Waals surface area contributed by atoms with Crippen LogP contribution in [0.15, 0.2) is 24.3 Å². The van der Waals surface area contributed by atoms with Gasteiger partial charge in [-0.2, -0.15) is 0 Å². The van der Waals surface area contributed by atoms with Gasteiger partial charge in [0.2, 0.25) is 0 Å². The summed E-state index contributed by atoms with van der Waals surface area (Å²) < 4.78 is 0. The van der Waals surface area contributed by atoms with Gasteiger partial charge in [-0.05, 0) is 50.7 Å². The van der Waals surface area contributed by atoms with Crippen molar-refractivity contribution in [2.45, 2.75) is 71.3 Å². The Bertz CT molecular complexity index is 336. The molecule has 18 heavy (non-hydrogen) atoms. The van der Waals surface area contributed by atoms with Gasteiger partial charge < -0.3 is 5.11 Å². The molecule has 0 aliphatic heterocycles. The number of aryl methyl sites for hydroxylation is 2. The molecule has 0 bridgehead atoms. The van der Waals surface area contributed by atoms with Gasteiger partial charge in [-0.15, -0.1) is 0 Å². The Morgan fingerprint density at radius 1 is 1.00 bits per heavy atom. The van der Waals surface area contributed by atoms with E-state index < -0.39 is 5.60 Å². The lowest BCUT2D eigenvalue weighted by Gasteiger charge is -2.16. The van der Waals surface area contributed by atoms with Crippen molar-refractivity contribution in [2.75, 3.05) is 0 Å². The number of rotatable bonds is 8. The number of aliphatic hydroxyl groups is 1. The minimum atomic E-state index is -0.491. The third-order valence-electron chi connectivity index (χ3n) is 3.40. The molecule has 102 valence electrons. The van der Waals surface area contributed by atoms with Crippen LogP contribution in [0.25, 0.3) is 0 Å². The van der Waals surface area contributed by atoms with Crippen LogP contribution in [0.2, 0.25) is 0 Å². The van der Waals surface area contributed by atoms with E-state index in [4.69, 9.17) is 0 Å². The van der Waals surface area contributed by atoms with E-state index in [0.717, 1.165) is 19.3 Å². The van der Waals surface area contributed by atoms with Crippen molar-refractivity contribution in [2.24, 2.45) is 0 Å². The first-order chi connectivity index (χ1) is 8.51. The topological polar surface area (TPSA) is 20.2 Å². The molecular weight excluding hydrogens is 220 g/mol. The van der Waals surface area contributed by atoms with E-state index in [0.29, 0.717) is 0 Å². The van der Waals surface area contributed by atoms with Crippen molar-refractivity contribution in [3.8, 4) is 0 Å². The van der Waals surface area contributed by atoms with Crippen LogP contribution in [0.3, 0.4) is 0 Å². The Hall–Kier alpha value is -0.820. The Kier molecular flexibility index (Phi) is 6.42. The maximum Gasteiger partial charge on any atom is 0.0591 e. The quantitative estimate of drug-likeness (QED) is 0.671. The van der Waals surface area contributed by atoms with Crippen LogP contribution in [0.5, 0.6) is 0 Å². The molecule has 0 atom stereocenters. The molecule has 0 saturated carbocycles. The van der Waals surface area contributed by atoms with Crippen LogP contribution < -0.4 is 0 Å². The lowest BCUT2D eigenvalue weighted by molar-refractivity contribution is 0.0680. The number of hydrogen-bond acceptors (Lipinski definition) is 1. The standard InChI is InChI=1S/C17H28O/c1-4-15-11-9-12-16(14-15)10-7-5-6-8-13-17(2,3)18/h9,11-12,14,18H,4-8,10,13H2,1-3H3. The van der Waals surface area contributed by atoms with E-state index in [-0.39, 0.29) is 0 Å². The molecule has 0 spiro atoms. The fraction of sp³-hybridized carbons (Fsp3) is 0.647. The highest BCUT2D eigenvalue weighted by Crippen LogP contribution is 2.15. The summed E-state index contributed by atoms with van der Waals surface area (Å²) >= 11 is 0. The van der Waals surface area contributed by atoms with Gasteiger partial charge in [0.15, 0.2) is 0 Å². The monoisotopic (exact) mass is 248 g/mol. The molecule has 1 aromatic carbocycles. The molecule has 0 unspecified atom stereocenters. The molecule has 1 N–H and O–H groups in total. The molecule has 0 aliphatic carbocycles. The minimum absolute atomic E-state index is 0.491. The third-order valence-corrected chi connectivity index (χ3v) is 3.40. The zero-order valence-electron chi connectivity index (χ0n) is 12.2. The molecule has 0 aromatic heterocycles. The van der Waals surface area contributed by atoms with E-state index >= 15 is 0 Å². The lowest BCUT2D eigenvalue weighted by atomic mass is 9.99. The first-order valence-electron chi connectivity index (χ1n) is 7.31. The predicted molar refractivity (Wildman–Crippen MR) is 78.9 cm³/mol. The summed E-state index contributed by atoms with van der Waals surface area (Å²) in [6.07, 6.45) is 8.13. The predicted octanol–water partition coefficient (Wildman–Crippen LogP) is 4.51. The summed E-state index contributed by atoms with van der Waals surface area (Å²) in [5.74, 6) is 0. The van der Waals surface area contributed by atoms with E-state index in [1.54, 1.807) is 0 Å². The molecule has 0 aliphatic rings. The Morgan fingerprint density at radius 3 is 2.33 bits per heavy atom. The number of unbranched alkanes of at least 4 members (excludes halogenated alkanes) is 3. The maximum atomic E-state index is 9.61. The van der Waals surface area contributed by atoms with Gasteiger partial charge in [-0.1, -0.05) is 50.5 Å². The second kappa shape index (κ2) is 7.58. The van der Waals surface area contributed by atoms with E-state index in [2.05, 4.69) is 31.2 Å². The van der Waals surface area contributed by atoms with Crippen molar-refractivity contribution < 1.29 is 5.11 Å². The SMILES string of the molecule is CCc1cccc(CCCCCCC(C)(C)O)c1. The van der Waals surface area contributed by atoms with Gasteiger partial charge in [0.1, 0.15) is 0 Å². The number of benzene rings is 1. The zero-order valence-corrected chi connectivity index (χ0v) is 12.2. The first kappa shape index (κ1) is 15.2. The number of hydrogen-bond donors (Lipinski definition) is 1. The summed E-state index contributed by atoms with van der Waals surface area (Å²) in [5.41, 5.74) is 2.42. The molecule has 1 heteroatoms. The van der Waals surface area contributed by atoms with Crippen molar-refractivity contribution in [3.05, 3.63) is 35.4 Å². The van der Waals surface area contributed by atoms with Gasteiger partial charge in [-0.25, -0.2) is 0 Å². The Morgan fingerprint density at radius 2 is 1.67 bits per heavy atom. The van der Waals surface area contributed by atoms with Gasteiger partial charge in [0.25, 0.3) is 0 Å². The molecule has 1 aromatic rings. The van der Waals surface area contributed by atoms with Crippen LogP contribution in [-0.4, -0.2) is 10.7 Å².